The first kappa shape index (κ1) is 20.8. The Bertz CT molecular complexity index is 916. The number of benzene rings is 2. The molecule has 2 aromatic carbocycles. The van der Waals surface area contributed by atoms with Crippen LogP contribution in [0.3, 0.4) is 0 Å². The van der Waals surface area contributed by atoms with Gasteiger partial charge in [0.2, 0.25) is 15.9 Å². The number of aryl methyl sites for hydroxylation is 1. The van der Waals surface area contributed by atoms with Gasteiger partial charge in [0, 0.05) is 9.26 Å². The lowest BCUT2D eigenvalue weighted by molar-refractivity contribution is -0.118. The number of nitrogens with one attached hydrogen (secondary N) is 2. The van der Waals surface area contributed by atoms with Gasteiger partial charge in [-0.2, -0.15) is 4.72 Å². The Labute approximate surface area is 166 Å². The van der Waals surface area contributed by atoms with Crippen LogP contribution in [0.4, 0.5) is 10.1 Å². The van der Waals surface area contributed by atoms with Crippen molar-refractivity contribution in [3.63, 3.8) is 0 Å². The minimum absolute atomic E-state index is 0.333. The molecule has 140 valence electrons. The Kier molecular flexibility index (Phi) is 6.75. The molecule has 0 radical (unpaired) electrons. The van der Waals surface area contributed by atoms with Crippen LogP contribution in [-0.4, -0.2) is 20.4 Å². The van der Waals surface area contributed by atoms with Crippen LogP contribution in [-0.2, 0) is 14.8 Å². The number of hydrogen-bond acceptors (Lipinski definition) is 3. The molecule has 0 aromatic heterocycles. The number of halogens is 2. The van der Waals surface area contributed by atoms with Gasteiger partial charge in [-0.05, 0) is 71.3 Å². The average Bonchev–Trinajstić information content (AvgIpc) is 2.55. The summed E-state index contributed by atoms with van der Waals surface area (Å²) in [7, 11) is -4.18. The molecule has 2 aromatic rings. The third kappa shape index (κ3) is 5.01. The molecule has 2 rings (SSSR count). The molecule has 0 aliphatic heterocycles. The van der Waals surface area contributed by atoms with Crippen LogP contribution in [0.15, 0.2) is 47.4 Å². The normalized spacial score (nSPS) is 12.8. The molecule has 1 unspecified atom stereocenters. The van der Waals surface area contributed by atoms with Gasteiger partial charge >= 0.3 is 0 Å². The van der Waals surface area contributed by atoms with Gasteiger partial charge in [0.15, 0.2) is 0 Å². The molecular weight excluding hydrogens is 470 g/mol. The minimum atomic E-state index is -4.18. The summed E-state index contributed by atoms with van der Waals surface area (Å²) in [5, 5.41) is 2.74. The highest BCUT2D eigenvalue weighted by atomic mass is 127. The summed E-state index contributed by atoms with van der Waals surface area (Å²) in [5.41, 5.74) is 1.47. The van der Waals surface area contributed by atoms with E-state index in [-0.39, 0.29) is 5.92 Å². The zero-order chi connectivity index (χ0) is 19.5. The second-order valence-corrected chi connectivity index (χ2v) is 9.15. The van der Waals surface area contributed by atoms with Gasteiger partial charge in [-0.15, -0.1) is 0 Å². The number of carbonyl (C=O) groups excluding carboxylic acids is 1. The van der Waals surface area contributed by atoms with Crippen molar-refractivity contribution < 1.29 is 17.6 Å². The van der Waals surface area contributed by atoms with Crippen molar-refractivity contribution in [1.82, 2.24) is 4.72 Å². The summed E-state index contributed by atoms with van der Waals surface area (Å²) in [6.45, 7) is 5.29. The van der Waals surface area contributed by atoms with E-state index < -0.39 is 32.7 Å². The largest absolute Gasteiger partial charge is 0.324 e. The van der Waals surface area contributed by atoms with Crippen molar-refractivity contribution in [3.05, 3.63) is 57.4 Å². The summed E-state index contributed by atoms with van der Waals surface area (Å²) in [6, 6.07) is 9.53. The number of amides is 1. The van der Waals surface area contributed by atoms with Crippen LogP contribution in [0.1, 0.15) is 19.4 Å². The monoisotopic (exact) mass is 490 g/mol. The van der Waals surface area contributed by atoms with E-state index in [9.17, 15) is 17.6 Å². The lowest BCUT2D eigenvalue weighted by Crippen LogP contribution is -2.47. The number of rotatable bonds is 6. The smallest absolute Gasteiger partial charge is 0.244 e. The summed E-state index contributed by atoms with van der Waals surface area (Å²) in [5.74, 6) is -1.69. The molecule has 8 heteroatoms. The molecule has 26 heavy (non-hydrogen) atoms. The van der Waals surface area contributed by atoms with E-state index in [4.69, 9.17) is 0 Å². The maximum Gasteiger partial charge on any atom is 0.244 e. The zero-order valence-electron chi connectivity index (χ0n) is 14.6. The molecular formula is C18H20FIN2O3S. The first-order valence-electron chi connectivity index (χ1n) is 7.95. The number of hydrogen-bond donors (Lipinski definition) is 2. The number of anilines is 1. The molecule has 0 heterocycles. The standard InChI is InChI=1S/C18H20FIN2O3S/c1-11(2)17(18(23)21-15-9-8-13(20)10-12(15)3)22-26(24,25)16-7-5-4-6-14(16)19/h4-11,17,22H,1-3H3,(H,21,23). The Hall–Kier alpha value is -1.52. The van der Waals surface area contributed by atoms with Crippen molar-refractivity contribution in [1.29, 1.82) is 0 Å². The Morgan fingerprint density at radius 3 is 2.38 bits per heavy atom. The van der Waals surface area contributed by atoms with Gasteiger partial charge in [-0.3, -0.25) is 4.79 Å². The molecule has 0 aliphatic carbocycles. The van der Waals surface area contributed by atoms with Gasteiger partial charge in [-0.25, -0.2) is 12.8 Å². The third-order valence-corrected chi connectivity index (χ3v) is 5.95. The van der Waals surface area contributed by atoms with Crippen LogP contribution in [0.2, 0.25) is 0 Å². The third-order valence-electron chi connectivity index (χ3n) is 3.80. The second kappa shape index (κ2) is 8.45. The van der Waals surface area contributed by atoms with Crippen LogP contribution in [0.25, 0.3) is 0 Å². The maximum atomic E-state index is 13.9. The number of sulfonamides is 1. The lowest BCUT2D eigenvalue weighted by atomic mass is 10.0. The SMILES string of the molecule is Cc1cc(I)ccc1NC(=O)C(NS(=O)(=O)c1ccccc1F)C(C)C. The van der Waals surface area contributed by atoms with E-state index in [0.29, 0.717) is 5.69 Å². The van der Waals surface area contributed by atoms with Crippen molar-refractivity contribution >= 4 is 44.2 Å². The molecule has 2 N–H and O–H groups in total. The molecule has 0 spiro atoms. The highest BCUT2D eigenvalue weighted by molar-refractivity contribution is 14.1. The van der Waals surface area contributed by atoms with E-state index in [1.807, 2.05) is 19.1 Å². The molecule has 5 nitrogen and oxygen atoms in total. The van der Waals surface area contributed by atoms with E-state index in [1.54, 1.807) is 19.9 Å². The topological polar surface area (TPSA) is 75.3 Å². The highest BCUT2D eigenvalue weighted by Crippen LogP contribution is 2.20. The second-order valence-electron chi connectivity index (χ2n) is 6.22. The van der Waals surface area contributed by atoms with Gasteiger partial charge in [0.25, 0.3) is 0 Å². The number of carbonyl (C=O) groups is 1. The molecule has 0 saturated carbocycles. The predicted octanol–water partition coefficient (Wildman–Crippen LogP) is 3.68. The van der Waals surface area contributed by atoms with Gasteiger partial charge in [-0.1, -0.05) is 26.0 Å². The van der Waals surface area contributed by atoms with E-state index >= 15 is 0 Å². The van der Waals surface area contributed by atoms with Crippen molar-refractivity contribution in [2.24, 2.45) is 5.92 Å². The van der Waals surface area contributed by atoms with Crippen LogP contribution < -0.4 is 10.0 Å². The summed E-state index contributed by atoms with van der Waals surface area (Å²) in [6.07, 6.45) is 0. The molecule has 1 atom stereocenters. The maximum absolute atomic E-state index is 13.9. The molecule has 0 aliphatic rings. The fourth-order valence-corrected chi connectivity index (χ4v) is 4.43. The van der Waals surface area contributed by atoms with Gasteiger partial charge in [0.1, 0.15) is 16.8 Å². The van der Waals surface area contributed by atoms with Crippen molar-refractivity contribution in [2.45, 2.75) is 31.7 Å². The minimum Gasteiger partial charge on any atom is -0.324 e. The summed E-state index contributed by atoms with van der Waals surface area (Å²) < 4.78 is 42.2. The summed E-state index contributed by atoms with van der Waals surface area (Å²) in [4.78, 5) is 12.2. The molecule has 0 bridgehead atoms. The van der Waals surface area contributed by atoms with Gasteiger partial charge < -0.3 is 5.32 Å². The Balaban J connectivity index is 2.25. The Morgan fingerprint density at radius 2 is 1.81 bits per heavy atom. The summed E-state index contributed by atoms with van der Waals surface area (Å²) >= 11 is 2.17. The van der Waals surface area contributed by atoms with E-state index in [2.05, 4.69) is 32.6 Å². The Morgan fingerprint density at radius 1 is 1.15 bits per heavy atom. The fraction of sp³-hybridized carbons (Fsp3) is 0.278. The van der Waals surface area contributed by atoms with E-state index in [0.717, 1.165) is 21.3 Å². The van der Waals surface area contributed by atoms with Crippen molar-refractivity contribution in [2.75, 3.05) is 5.32 Å². The zero-order valence-corrected chi connectivity index (χ0v) is 17.6. The quantitative estimate of drug-likeness (QED) is 0.607. The highest BCUT2D eigenvalue weighted by Gasteiger charge is 2.30. The average molecular weight is 490 g/mol. The van der Waals surface area contributed by atoms with E-state index in [1.165, 1.54) is 12.1 Å². The van der Waals surface area contributed by atoms with Crippen LogP contribution in [0, 0.1) is 22.2 Å². The molecule has 1 amide bonds. The van der Waals surface area contributed by atoms with Gasteiger partial charge in [0.05, 0.1) is 0 Å². The first-order valence-corrected chi connectivity index (χ1v) is 10.5. The van der Waals surface area contributed by atoms with Crippen molar-refractivity contribution in [3.8, 4) is 0 Å². The molecule has 0 saturated heterocycles. The molecule has 0 fully saturated rings. The van der Waals surface area contributed by atoms with Crippen LogP contribution >= 0.6 is 22.6 Å². The fourth-order valence-electron chi connectivity index (χ4n) is 2.36. The van der Waals surface area contributed by atoms with Crippen LogP contribution in [0.5, 0.6) is 0 Å². The lowest BCUT2D eigenvalue weighted by Gasteiger charge is -2.22. The first-order chi connectivity index (χ1) is 12.1. The predicted molar refractivity (Wildman–Crippen MR) is 108 cm³/mol.